The Morgan fingerprint density at radius 1 is 1.53 bits per heavy atom. The largest absolute Gasteiger partial charge is 0.328 e. The lowest BCUT2D eigenvalue weighted by Crippen LogP contribution is -2.29. The van der Waals surface area contributed by atoms with E-state index in [0.29, 0.717) is 13.0 Å². The monoisotopic (exact) mass is 207 g/mol. The van der Waals surface area contributed by atoms with Gasteiger partial charge in [0.2, 0.25) is 0 Å². The van der Waals surface area contributed by atoms with Gasteiger partial charge in [0.05, 0.1) is 11.5 Å². The summed E-state index contributed by atoms with van der Waals surface area (Å²) >= 11 is 0. The highest BCUT2D eigenvalue weighted by Crippen LogP contribution is 2.18. The molecule has 5 heteroatoms. The zero-order chi connectivity index (χ0) is 11.5. The van der Waals surface area contributed by atoms with Crippen molar-refractivity contribution in [1.29, 1.82) is 5.26 Å². The molecule has 0 amide bonds. The van der Waals surface area contributed by atoms with Crippen molar-refractivity contribution < 1.29 is 0 Å². The summed E-state index contributed by atoms with van der Waals surface area (Å²) in [6.45, 7) is 4.05. The molecule has 1 heterocycles. The summed E-state index contributed by atoms with van der Waals surface area (Å²) in [5.41, 5.74) is -1.30. The van der Waals surface area contributed by atoms with E-state index in [1.165, 1.54) is 16.8 Å². The highest BCUT2D eigenvalue weighted by molar-refractivity contribution is 4.92. The Bertz CT molecular complexity index is 490. The average Bonchev–Trinajstić information content (AvgIpc) is 2.16. The van der Waals surface area contributed by atoms with Crippen molar-refractivity contribution in [3.63, 3.8) is 0 Å². The molecule has 80 valence electrons. The van der Waals surface area contributed by atoms with Crippen LogP contribution in [-0.2, 0) is 6.54 Å². The van der Waals surface area contributed by atoms with Crippen LogP contribution in [0.15, 0.2) is 21.9 Å². The van der Waals surface area contributed by atoms with E-state index in [9.17, 15) is 9.59 Å². The number of aromatic amines is 1. The maximum absolute atomic E-state index is 11.3. The molecule has 0 bridgehead atoms. The van der Waals surface area contributed by atoms with Gasteiger partial charge in [0, 0.05) is 18.8 Å². The normalized spacial score (nSPS) is 11.0. The van der Waals surface area contributed by atoms with Crippen molar-refractivity contribution in [3.8, 4) is 6.07 Å². The molecule has 0 aliphatic heterocycles. The summed E-state index contributed by atoms with van der Waals surface area (Å²) < 4.78 is 1.39. The molecule has 0 radical (unpaired) electrons. The first-order valence-corrected chi connectivity index (χ1v) is 4.66. The zero-order valence-electron chi connectivity index (χ0n) is 8.78. The molecule has 0 saturated carbocycles. The van der Waals surface area contributed by atoms with Gasteiger partial charge in [-0.15, -0.1) is 0 Å². The molecule has 1 aromatic rings. The van der Waals surface area contributed by atoms with Gasteiger partial charge in [-0.05, 0) is 20.3 Å². The SMILES string of the molecule is CC(C)(C#N)CCn1ccc(=O)[nH]c1=O. The van der Waals surface area contributed by atoms with Crippen LogP contribution in [0.25, 0.3) is 0 Å². The molecule has 1 N–H and O–H groups in total. The number of nitrogens with one attached hydrogen (secondary N) is 1. The molecule has 0 unspecified atom stereocenters. The fraction of sp³-hybridized carbons (Fsp3) is 0.500. The highest BCUT2D eigenvalue weighted by atomic mass is 16.2. The standard InChI is InChI=1S/C10H13N3O2/c1-10(2,7-11)4-6-13-5-3-8(14)12-9(13)15/h3,5H,4,6H2,1-2H3,(H,12,14,15). The number of aryl methyl sites for hydroxylation is 1. The van der Waals surface area contributed by atoms with E-state index in [2.05, 4.69) is 11.1 Å². The minimum absolute atomic E-state index is 0.407. The van der Waals surface area contributed by atoms with Gasteiger partial charge in [-0.2, -0.15) is 5.26 Å². The molecule has 1 aromatic heterocycles. The topological polar surface area (TPSA) is 78.7 Å². The number of H-pyrrole nitrogens is 1. The molecular formula is C10H13N3O2. The van der Waals surface area contributed by atoms with Crippen LogP contribution < -0.4 is 11.2 Å². The third-order valence-electron chi connectivity index (χ3n) is 2.18. The van der Waals surface area contributed by atoms with Gasteiger partial charge in [-0.3, -0.25) is 9.78 Å². The average molecular weight is 207 g/mol. The van der Waals surface area contributed by atoms with Gasteiger partial charge in [0.15, 0.2) is 0 Å². The van der Waals surface area contributed by atoms with Crippen molar-refractivity contribution in [2.75, 3.05) is 0 Å². The van der Waals surface area contributed by atoms with Crippen molar-refractivity contribution >= 4 is 0 Å². The van der Waals surface area contributed by atoms with Crippen molar-refractivity contribution in [3.05, 3.63) is 33.1 Å². The maximum atomic E-state index is 11.3. The predicted octanol–water partition coefficient (Wildman–Crippen LogP) is 0.476. The van der Waals surface area contributed by atoms with Crippen LogP contribution in [0.3, 0.4) is 0 Å². The summed E-state index contributed by atoms with van der Waals surface area (Å²) in [5, 5.41) is 8.79. The second-order valence-electron chi connectivity index (χ2n) is 4.05. The van der Waals surface area contributed by atoms with Gasteiger partial charge < -0.3 is 4.57 Å². The van der Waals surface area contributed by atoms with Crippen molar-refractivity contribution in [2.45, 2.75) is 26.8 Å². The van der Waals surface area contributed by atoms with Crippen LogP contribution in [-0.4, -0.2) is 9.55 Å². The number of hydrogen-bond donors (Lipinski definition) is 1. The van der Waals surface area contributed by atoms with Crippen LogP contribution in [0.2, 0.25) is 0 Å². The first kappa shape index (κ1) is 11.2. The van der Waals surface area contributed by atoms with Gasteiger partial charge in [0.1, 0.15) is 0 Å². The lowest BCUT2D eigenvalue weighted by molar-refractivity contribution is 0.406. The third kappa shape index (κ3) is 3.09. The van der Waals surface area contributed by atoms with Gasteiger partial charge in [-0.1, -0.05) is 0 Å². The predicted molar refractivity (Wildman–Crippen MR) is 55.3 cm³/mol. The second kappa shape index (κ2) is 4.13. The van der Waals surface area contributed by atoms with Crippen LogP contribution in [0, 0.1) is 16.7 Å². The number of aromatic nitrogens is 2. The minimum atomic E-state index is -0.463. The van der Waals surface area contributed by atoms with Gasteiger partial charge in [0.25, 0.3) is 5.56 Å². The van der Waals surface area contributed by atoms with E-state index in [1.54, 1.807) is 0 Å². The Morgan fingerprint density at radius 2 is 2.20 bits per heavy atom. The molecule has 0 spiro atoms. The minimum Gasteiger partial charge on any atom is -0.301 e. The quantitative estimate of drug-likeness (QED) is 0.782. The number of nitrogens with zero attached hydrogens (tertiary/aromatic N) is 2. The summed E-state index contributed by atoms with van der Waals surface area (Å²) in [5.74, 6) is 0. The third-order valence-corrected chi connectivity index (χ3v) is 2.18. The molecule has 0 aromatic carbocycles. The molecule has 0 saturated heterocycles. The summed E-state index contributed by atoms with van der Waals surface area (Å²) in [7, 11) is 0. The molecule has 0 atom stereocenters. The Labute approximate surface area is 87.0 Å². The molecular weight excluding hydrogens is 194 g/mol. The van der Waals surface area contributed by atoms with Crippen LogP contribution in [0.1, 0.15) is 20.3 Å². The van der Waals surface area contributed by atoms with E-state index in [1.807, 2.05) is 13.8 Å². The van der Waals surface area contributed by atoms with Crippen LogP contribution >= 0.6 is 0 Å². The highest BCUT2D eigenvalue weighted by Gasteiger charge is 2.16. The molecule has 1 rings (SSSR count). The molecule has 0 aliphatic rings. The maximum Gasteiger partial charge on any atom is 0.328 e. The molecule has 5 nitrogen and oxygen atoms in total. The first-order chi connectivity index (χ1) is 6.94. The zero-order valence-corrected chi connectivity index (χ0v) is 8.78. The lowest BCUT2D eigenvalue weighted by Gasteiger charge is -2.14. The second-order valence-corrected chi connectivity index (χ2v) is 4.05. The fourth-order valence-corrected chi connectivity index (χ4v) is 1.08. The smallest absolute Gasteiger partial charge is 0.301 e. The fourth-order valence-electron chi connectivity index (χ4n) is 1.08. The van der Waals surface area contributed by atoms with E-state index in [-0.39, 0.29) is 0 Å². The summed E-state index contributed by atoms with van der Waals surface area (Å²) in [6, 6.07) is 3.45. The molecule has 15 heavy (non-hydrogen) atoms. The van der Waals surface area contributed by atoms with Gasteiger partial charge >= 0.3 is 5.69 Å². The van der Waals surface area contributed by atoms with Gasteiger partial charge in [-0.25, -0.2) is 4.79 Å². The Balaban J connectivity index is 2.80. The van der Waals surface area contributed by atoms with Crippen LogP contribution in [0.4, 0.5) is 0 Å². The summed E-state index contributed by atoms with van der Waals surface area (Å²) in [4.78, 5) is 24.2. The van der Waals surface area contributed by atoms with E-state index in [0.717, 1.165) is 0 Å². The summed E-state index contributed by atoms with van der Waals surface area (Å²) in [6.07, 6.45) is 2.00. The Kier molecular flexibility index (Phi) is 3.10. The number of nitriles is 1. The lowest BCUT2D eigenvalue weighted by atomic mass is 9.91. The van der Waals surface area contributed by atoms with E-state index in [4.69, 9.17) is 5.26 Å². The van der Waals surface area contributed by atoms with E-state index < -0.39 is 16.7 Å². The first-order valence-electron chi connectivity index (χ1n) is 4.66. The molecule has 0 aliphatic carbocycles. The number of rotatable bonds is 3. The van der Waals surface area contributed by atoms with Crippen molar-refractivity contribution in [2.24, 2.45) is 5.41 Å². The van der Waals surface area contributed by atoms with E-state index >= 15 is 0 Å². The van der Waals surface area contributed by atoms with Crippen molar-refractivity contribution in [1.82, 2.24) is 9.55 Å². The van der Waals surface area contributed by atoms with Crippen LogP contribution in [0.5, 0.6) is 0 Å². The Hall–Kier alpha value is -1.83. The molecule has 0 fully saturated rings. The Morgan fingerprint density at radius 3 is 2.73 bits per heavy atom. The number of hydrogen-bond acceptors (Lipinski definition) is 3.